The molecule has 0 saturated heterocycles. The van der Waals surface area contributed by atoms with Crippen LogP contribution in [-0.2, 0) is 21.4 Å². The lowest BCUT2D eigenvalue weighted by molar-refractivity contribution is -0.137. The van der Waals surface area contributed by atoms with Crippen LogP contribution in [0.15, 0.2) is 70.0 Å². The zero-order valence-corrected chi connectivity index (χ0v) is 19.1. The Morgan fingerprint density at radius 3 is 2.50 bits per heavy atom. The van der Waals surface area contributed by atoms with Gasteiger partial charge in [0, 0.05) is 6.42 Å². The fourth-order valence-corrected chi connectivity index (χ4v) is 3.76. The molecule has 34 heavy (non-hydrogen) atoms. The Hall–Kier alpha value is -3.83. The lowest BCUT2D eigenvalue weighted by Gasteiger charge is -2.11. The van der Waals surface area contributed by atoms with Gasteiger partial charge in [0.1, 0.15) is 23.9 Å². The van der Waals surface area contributed by atoms with Crippen LogP contribution in [0.3, 0.4) is 0 Å². The zero-order valence-electron chi connectivity index (χ0n) is 18.3. The molecule has 0 atom stereocenters. The van der Waals surface area contributed by atoms with Gasteiger partial charge in [-0.1, -0.05) is 18.2 Å². The minimum absolute atomic E-state index is 0.0215. The van der Waals surface area contributed by atoms with E-state index >= 15 is 0 Å². The molecule has 180 valence electrons. The van der Waals surface area contributed by atoms with E-state index in [1.54, 1.807) is 25.1 Å². The van der Waals surface area contributed by atoms with Gasteiger partial charge in [-0.05, 0) is 61.4 Å². The van der Waals surface area contributed by atoms with Gasteiger partial charge < -0.3 is 19.0 Å². The number of aryl methyl sites for hydroxylation is 1. The molecule has 1 heterocycles. The number of hydrazine groups is 1. The average Bonchev–Trinajstić information content (AvgIpc) is 3.29. The second-order valence-electron chi connectivity index (χ2n) is 7.20. The molecule has 10 nitrogen and oxygen atoms in total. The highest BCUT2D eigenvalue weighted by Crippen LogP contribution is 2.22. The molecule has 0 aliphatic rings. The van der Waals surface area contributed by atoms with E-state index in [1.165, 1.54) is 24.3 Å². The van der Waals surface area contributed by atoms with Gasteiger partial charge in [0.25, 0.3) is 10.0 Å². The third-order valence-electron chi connectivity index (χ3n) is 4.56. The molecule has 3 N–H and O–H groups in total. The van der Waals surface area contributed by atoms with Crippen molar-refractivity contribution in [1.29, 1.82) is 0 Å². The molecular formula is C23H24N2O8S. The number of furan rings is 1. The van der Waals surface area contributed by atoms with E-state index in [9.17, 15) is 18.0 Å². The summed E-state index contributed by atoms with van der Waals surface area (Å²) >= 11 is 0. The first-order valence-corrected chi connectivity index (χ1v) is 11.8. The monoisotopic (exact) mass is 488 g/mol. The fraction of sp³-hybridized carbons (Fsp3) is 0.217. The van der Waals surface area contributed by atoms with E-state index in [0.29, 0.717) is 29.2 Å². The lowest BCUT2D eigenvalue weighted by atomic mass is 10.2. The van der Waals surface area contributed by atoms with Crippen LogP contribution in [0.25, 0.3) is 0 Å². The van der Waals surface area contributed by atoms with Crippen LogP contribution in [0.4, 0.5) is 0 Å². The smallest absolute Gasteiger partial charge is 0.303 e. The van der Waals surface area contributed by atoms with E-state index in [2.05, 4.69) is 5.43 Å². The molecule has 0 spiro atoms. The highest BCUT2D eigenvalue weighted by molar-refractivity contribution is 7.89. The quantitative estimate of drug-likeness (QED) is 0.261. The summed E-state index contributed by atoms with van der Waals surface area (Å²) < 4.78 is 41.5. The molecule has 2 aromatic carbocycles. The Kier molecular flexibility index (Phi) is 8.28. The number of sulfonamides is 1. The number of carboxylic acids is 1. The van der Waals surface area contributed by atoms with Gasteiger partial charge in [0.05, 0.1) is 11.5 Å². The lowest BCUT2D eigenvalue weighted by Crippen LogP contribution is -2.41. The van der Waals surface area contributed by atoms with Gasteiger partial charge in [-0.3, -0.25) is 15.0 Å². The van der Waals surface area contributed by atoms with Crippen LogP contribution in [0, 0.1) is 6.92 Å². The molecule has 0 aliphatic heterocycles. The average molecular weight is 489 g/mol. The summed E-state index contributed by atoms with van der Waals surface area (Å²) in [5.74, 6) is -0.299. The Morgan fingerprint density at radius 1 is 1.03 bits per heavy atom. The predicted octanol–water partition coefficient (Wildman–Crippen LogP) is 3.03. The van der Waals surface area contributed by atoms with Gasteiger partial charge in [-0.2, -0.15) is 0 Å². The first-order valence-electron chi connectivity index (χ1n) is 10.3. The fourth-order valence-electron chi connectivity index (χ4n) is 2.84. The zero-order chi connectivity index (χ0) is 24.6. The largest absolute Gasteiger partial charge is 0.493 e. The predicted molar refractivity (Wildman–Crippen MR) is 121 cm³/mol. The van der Waals surface area contributed by atoms with Crippen molar-refractivity contribution in [2.45, 2.75) is 31.3 Å². The molecule has 0 fully saturated rings. The third-order valence-corrected chi connectivity index (χ3v) is 5.80. The van der Waals surface area contributed by atoms with Crippen LogP contribution in [-0.4, -0.2) is 32.0 Å². The second kappa shape index (κ2) is 11.3. The van der Waals surface area contributed by atoms with E-state index in [4.69, 9.17) is 19.0 Å². The summed E-state index contributed by atoms with van der Waals surface area (Å²) in [4.78, 5) is 24.8. The molecule has 1 aromatic heterocycles. The number of carbonyl (C=O) groups excluding carboxylic acids is 1. The van der Waals surface area contributed by atoms with Crippen molar-refractivity contribution in [2.75, 3.05) is 6.61 Å². The Morgan fingerprint density at radius 2 is 1.79 bits per heavy atom. The number of benzene rings is 2. The number of hydrogen-bond donors (Lipinski definition) is 3. The summed E-state index contributed by atoms with van der Waals surface area (Å²) in [6.45, 7) is 1.95. The van der Waals surface area contributed by atoms with Gasteiger partial charge in [0.15, 0.2) is 5.76 Å². The van der Waals surface area contributed by atoms with Crippen molar-refractivity contribution in [3.05, 3.63) is 77.7 Å². The molecule has 1 amide bonds. The molecule has 0 bridgehead atoms. The Balaban J connectivity index is 1.53. The minimum atomic E-state index is -4.06. The third kappa shape index (κ3) is 7.09. The summed E-state index contributed by atoms with van der Waals surface area (Å²) in [6.07, 6.45) is 0.307. The van der Waals surface area contributed by atoms with Crippen molar-refractivity contribution < 1.29 is 37.0 Å². The standard InChI is InChI=1S/C23H24N2O8S/c1-16-14-19(10-12-20(16)31-13-5-8-22(26)27)34(29,30)25-24-23(28)21-11-9-18(33-21)15-32-17-6-3-2-4-7-17/h2-4,6-7,9-12,14,25H,5,8,13,15H2,1H3,(H,24,28)(H,26,27). The van der Waals surface area contributed by atoms with E-state index in [0.717, 1.165) is 0 Å². The first-order chi connectivity index (χ1) is 16.2. The minimum Gasteiger partial charge on any atom is -0.493 e. The number of para-hydroxylation sites is 1. The van der Waals surface area contributed by atoms with E-state index in [1.807, 2.05) is 23.0 Å². The van der Waals surface area contributed by atoms with Crippen molar-refractivity contribution in [3.63, 3.8) is 0 Å². The SMILES string of the molecule is Cc1cc(S(=O)(=O)NNC(=O)c2ccc(COc3ccccc3)o2)ccc1OCCCC(=O)O. The summed E-state index contributed by atoms with van der Waals surface area (Å²) in [6, 6.07) is 16.2. The topological polar surface area (TPSA) is 144 Å². The van der Waals surface area contributed by atoms with Gasteiger partial charge in [-0.25, -0.2) is 8.42 Å². The number of aliphatic carboxylic acids is 1. The maximum Gasteiger partial charge on any atom is 0.303 e. The number of rotatable bonds is 12. The number of carbonyl (C=O) groups is 2. The first kappa shape index (κ1) is 24.8. The highest BCUT2D eigenvalue weighted by Gasteiger charge is 2.19. The van der Waals surface area contributed by atoms with Crippen molar-refractivity contribution in [1.82, 2.24) is 10.3 Å². The number of carboxylic acid groups (broad SMARTS) is 1. The molecule has 0 unspecified atom stereocenters. The highest BCUT2D eigenvalue weighted by atomic mass is 32.2. The summed E-state index contributed by atoms with van der Waals surface area (Å²) in [5, 5.41) is 8.65. The molecule has 3 aromatic rings. The van der Waals surface area contributed by atoms with Crippen LogP contribution in [0.1, 0.15) is 34.7 Å². The summed E-state index contributed by atoms with van der Waals surface area (Å²) in [7, 11) is -4.06. The molecular weight excluding hydrogens is 464 g/mol. The maximum atomic E-state index is 12.5. The van der Waals surface area contributed by atoms with Crippen molar-refractivity contribution >= 4 is 21.9 Å². The van der Waals surface area contributed by atoms with Gasteiger partial charge in [-0.15, -0.1) is 4.83 Å². The number of ether oxygens (including phenoxy) is 2. The van der Waals surface area contributed by atoms with Crippen molar-refractivity contribution in [3.8, 4) is 11.5 Å². The number of nitrogens with one attached hydrogen (secondary N) is 2. The number of amides is 1. The van der Waals surface area contributed by atoms with Gasteiger partial charge >= 0.3 is 11.9 Å². The van der Waals surface area contributed by atoms with Crippen LogP contribution in [0.2, 0.25) is 0 Å². The second-order valence-corrected chi connectivity index (χ2v) is 8.88. The molecule has 0 aliphatic carbocycles. The molecule has 11 heteroatoms. The Labute approximate surface area is 196 Å². The maximum absolute atomic E-state index is 12.5. The van der Waals surface area contributed by atoms with E-state index in [-0.39, 0.29) is 30.3 Å². The Bertz CT molecular complexity index is 1240. The molecule has 3 rings (SSSR count). The number of hydrogen-bond acceptors (Lipinski definition) is 7. The van der Waals surface area contributed by atoms with Gasteiger partial charge in [0.2, 0.25) is 0 Å². The van der Waals surface area contributed by atoms with E-state index < -0.39 is 21.9 Å². The molecule has 0 radical (unpaired) electrons. The van der Waals surface area contributed by atoms with Crippen LogP contribution in [0.5, 0.6) is 11.5 Å². The van der Waals surface area contributed by atoms with Crippen molar-refractivity contribution in [2.24, 2.45) is 0 Å². The normalized spacial score (nSPS) is 11.1. The van der Waals surface area contributed by atoms with Crippen LogP contribution < -0.4 is 19.7 Å². The summed E-state index contributed by atoms with van der Waals surface area (Å²) in [5.41, 5.74) is 2.65. The molecule has 0 saturated carbocycles. The van der Waals surface area contributed by atoms with Crippen LogP contribution >= 0.6 is 0 Å².